The summed E-state index contributed by atoms with van der Waals surface area (Å²) in [4.78, 5) is 12.2. The molecule has 1 aromatic carbocycles. The van der Waals surface area contributed by atoms with Crippen molar-refractivity contribution in [3.8, 4) is 0 Å². The van der Waals surface area contributed by atoms with E-state index in [0.717, 1.165) is 12.1 Å². The van der Waals surface area contributed by atoms with E-state index in [0.29, 0.717) is 31.9 Å². The molecule has 0 bridgehead atoms. The van der Waals surface area contributed by atoms with Crippen LogP contribution in [0.1, 0.15) is 30.6 Å². The molecule has 0 aromatic heterocycles. The minimum absolute atomic E-state index is 0.0596. The zero-order valence-electron chi connectivity index (χ0n) is 13.1. The lowest BCUT2D eigenvalue weighted by atomic mass is 10.1. The van der Waals surface area contributed by atoms with Gasteiger partial charge in [-0.3, -0.25) is 4.79 Å². The van der Waals surface area contributed by atoms with Crippen molar-refractivity contribution in [3.63, 3.8) is 0 Å². The van der Waals surface area contributed by atoms with E-state index in [-0.39, 0.29) is 11.9 Å². The number of ether oxygens (including phenoxy) is 2. The van der Waals surface area contributed by atoms with Crippen LogP contribution in [0.3, 0.4) is 0 Å². The zero-order valence-corrected chi connectivity index (χ0v) is 13.1. The van der Waals surface area contributed by atoms with Gasteiger partial charge in [0.15, 0.2) is 0 Å². The summed E-state index contributed by atoms with van der Waals surface area (Å²) >= 11 is 0. The van der Waals surface area contributed by atoms with Gasteiger partial charge in [0.2, 0.25) is 0 Å². The molecule has 0 aliphatic carbocycles. The smallest absolute Gasteiger partial charge is 0.253 e. The molecule has 0 radical (unpaired) electrons. The molecule has 1 aromatic rings. The SMILES string of the molecule is COCCOCCCNC(=O)c1ccccc1NC(C)C. The first-order valence-electron chi connectivity index (χ1n) is 7.35. The van der Waals surface area contributed by atoms with Crippen LogP contribution in [0, 0.1) is 0 Å². The van der Waals surface area contributed by atoms with E-state index < -0.39 is 0 Å². The van der Waals surface area contributed by atoms with Gasteiger partial charge in [-0.25, -0.2) is 0 Å². The first kappa shape index (κ1) is 17.5. The number of carbonyl (C=O) groups is 1. The van der Waals surface area contributed by atoms with E-state index in [1.807, 2.05) is 38.1 Å². The van der Waals surface area contributed by atoms with Crippen molar-refractivity contribution in [1.29, 1.82) is 0 Å². The zero-order chi connectivity index (χ0) is 15.5. The molecule has 5 heteroatoms. The average molecular weight is 294 g/mol. The minimum atomic E-state index is -0.0596. The molecule has 0 saturated carbocycles. The number of rotatable bonds is 10. The number of amides is 1. The first-order chi connectivity index (χ1) is 10.1. The molecular weight excluding hydrogens is 268 g/mol. The molecule has 0 spiro atoms. The fourth-order valence-corrected chi connectivity index (χ4v) is 1.83. The van der Waals surface area contributed by atoms with Crippen LogP contribution in [-0.4, -0.2) is 45.4 Å². The fourth-order valence-electron chi connectivity index (χ4n) is 1.83. The first-order valence-corrected chi connectivity index (χ1v) is 7.35. The number of methoxy groups -OCH3 is 1. The second-order valence-electron chi connectivity index (χ2n) is 5.06. The van der Waals surface area contributed by atoms with Crippen molar-refractivity contribution in [2.45, 2.75) is 26.3 Å². The summed E-state index contributed by atoms with van der Waals surface area (Å²) in [6, 6.07) is 7.82. The van der Waals surface area contributed by atoms with Gasteiger partial charge in [-0.05, 0) is 32.4 Å². The van der Waals surface area contributed by atoms with Crippen molar-refractivity contribution >= 4 is 11.6 Å². The van der Waals surface area contributed by atoms with Gasteiger partial charge >= 0.3 is 0 Å². The van der Waals surface area contributed by atoms with Gasteiger partial charge in [0.1, 0.15) is 0 Å². The molecule has 0 saturated heterocycles. The Hall–Kier alpha value is -1.59. The van der Waals surface area contributed by atoms with E-state index in [1.165, 1.54) is 0 Å². The Labute approximate surface area is 127 Å². The van der Waals surface area contributed by atoms with Crippen LogP contribution in [0.2, 0.25) is 0 Å². The lowest BCUT2D eigenvalue weighted by Crippen LogP contribution is -2.27. The van der Waals surface area contributed by atoms with E-state index in [1.54, 1.807) is 7.11 Å². The van der Waals surface area contributed by atoms with Gasteiger partial charge in [0.05, 0.1) is 18.8 Å². The molecule has 118 valence electrons. The van der Waals surface area contributed by atoms with Gasteiger partial charge in [-0.2, -0.15) is 0 Å². The van der Waals surface area contributed by atoms with Crippen molar-refractivity contribution in [3.05, 3.63) is 29.8 Å². The lowest BCUT2D eigenvalue weighted by molar-refractivity contribution is 0.0688. The number of anilines is 1. The predicted octanol–water partition coefficient (Wildman–Crippen LogP) is 2.29. The number of benzene rings is 1. The Morgan fingerprint density at radius 1 is 1.19 bits per heavy atom. The highest BCUT2D eigenvalue weighted by molar-refractivity contribution is 5.99. The fraction of sp³-hybridized carbons (Fsp3) is 0.562. The molecular formula is C16H26N2O3. The van der Waals surface area contributed by atoms with E-state index in [4.69, 9.17) is 9.47 Å². The molecule has 1 rings (SSSR count). The summed E-state index contributed by atoms with van der Waals surface area (Å²) in [5.41, 5.74) is 1.54. The quantitative estimate of drug-likeness (QED) is 0.650. The summed E-state index contributed by atoms with van der Waals surface area (Å²) in [5.74, 6) is -0.0596. The van der Waals surface area contributed by atoms with Crippen LogP contribution < -0.4 is 10.6 Å². The third-order valence-corrected chi connectivity index (χ3v) is 2.80. The Morgan fingerprint density at radius 3 is 2.67 bits per heavy atom. The number of carbonyl (C=O) groups excluding carboxylic acids is 1. The maximum Gasteiger partial charge on any atom is 0.253 e. The van der Waals surface area contributed by atoms with E-state index in [9.17, 15) is 4.79 Å². The normalized spacial score (nSPS) is 10.7. The third kappa shape index (κ3) is 7.11. The monoisotopic (exact) mass is 294 g/mol. The summed E-state index contributed by atoms with van der Waals surface area (Å²) < 4.78 is 10.2. The molecule has 0 aliphatic heterocycles. The maximum atomic E-state index is 12.2. The summed E-state index contributed by atoms with van der Waals surface area (Å²) in [6.07, 6.45) is 0.787. The second-order valence-corrected chi connectivity index (χ2v) is 5.06. The number of para-hydroxylation sites is 1. The van der Waals surface area contributed by atoms with Crippen molar-refractivity contribution in [1.82, 2.24) is 5.32 Å². The van der Waals surface area contributed by atoms with Crippen LogP contribution in [0.25, 0.3) is 0 Å². The summed E-state index contributed by atoms with van der Waals surface area (Å²) in [5, 5.41) is 6.19. The predicted molar refractivity (Wildman–Crippen MR) is 84.8 cm³/mol. The van der Waals surface area contributed by atoms with Crippen LogP contribution >= 0.6 is 0 Å². The summed E-state index contributed by atoms with van der Waals surface area (Å²) in [7, 11) is 1.65. The van der Waals surface area contributed by atoms with Crippen LogP contribution in [0.4, 0.5) is 5.69 Å². The molecule has 1 amide bonds. The molecule has 0 heterocycles. The number of nitrogens with one attached hydrogen (secondary N) is 2. The highest BCUT2D eigenvalue weighted by Gasteiger charge is 2.10. The second kappa shape index (κ2) is 10.2. The minimum Gasteiger partial charge on any atom is -0.382 e. The van der Waals surface area contributed by atoms with Crippen molar-refractivity contribution in [2.24, 2.45) is 0 Å². The molecule has 0 aliphatic rings. The Bertz CT molecular complexity index is 422. The van der Waals surface area contributed by atoms with E-state index in [2.05, 4.69) is 10.6 Å². The molecule has 21 heavy (non-hydrogen) atoms. The number of hydrogen-bond acceptors (Lipinski definition) is 4. The molecule has 0 fully saturated rings. The topological polar surface area (TPSA) is 59.6 Å². The standard InChI is InChI=1S/C16H26N2O3/c1-13(2)18-15-8-5-4-7-14(15)16(19)17-9-6-10-21-12-11-20-3/h4-5,7-8,13,18H,6,9-12H2,1-3H3,(H,17,19). The third-order valence-electron chi connectivity index (χ3n) is 2.80. The van der Waals surface area contributed by atoms with E-state index >= 15 is 0 Å². The highest BCUT2D eigenvalue weighted by atomic mass is 16.5. The van der Waals surface area contributed by atoms with Crippen molar-refractivity contribution < 1.29 is 14.3 Å². The molecule has 5 nitrogen and oxygen atoms in total. The van der Waals surface area contributed by atoms with Crippen LogP contribution in [0.5, 0.6) is 0 Å². The Kier molecular flexibility index (Phi) is 8.47. The van der Waals surface area contributed by atoms with Gasteiger partial charge < -0.3 is 20.1 Å². The maximum absolute atomic E-state index is 12.2. The van der Waals surface area contributed by atoms with Crippen LogP contribution in [-0.2, 0) is 9.47 Å². The highest BCUT2D eigenvalue weighted by Crippen LogP contribution is 2.15. The molecule has 0 unspecified atom stereocenters. The van der Waals surface area contributed by atoms with Gasteiger partial charge in [-0.15, -0.1) is 0 Å². The molecule has 2 N–H and O–H groups in total. The average Bonchev–Trinajstić information content (AvgIpc) is 2.46. The Morgan fingerprint density at radius 2 is 1.95 bits per heavy atom. The largest absolute Gasteiger partial charge is 0.382 e. The Balaban J connectivity index is 2.35. The van der Waals surface area contributed by atoms with Crippen molar-refractivity contribution in [2.75, 3.05) is 38.8 Å². The summed E-state index contributed by atoms with van der Waals surface area (Å²) in [6.45, 7) is 6.50. The van der Waals surface area contributed by atoms with Gasteiger partial charge in [-0.1, -0.05) is 12.1 Å². The van der Waals surface area contributed by atoms with Gasteiger partial charge in [0, 0.05) is 32.0 Å². The number of hydrogen-bond donors (Lipinski definition) is 2. The van der Waals surface area contributed by atoms with Gasteiger partial charge in [0.25, 0.3) is 5.91 Å². The van der Waals surface area contributed by atoms with Crippen LogP contribution in [0.15, 0.2) is 24.3 Å². The lowest BCUT2D eigenvalue weighted by Gasteiger charge is -2.14. The molecule has 0 atom stereocenters.